The van der Waals surface area contributed by atoms with Crippen molar-refractivity contribution in [2.75, 3.05) is 10.6 Å². The molecule has 4 nitrogen and oxygen atoms in total. The standard InChI is InChI=1S/C18H12F6N2O2S/c19-17(20,21)9-1-4-11(5-2-9)25-15(27)8-14-16(28)26-12-7-10(18(22,23)24)3-6-13(12)29-14/h1-7,14H,8H2,(H,25,27)(H,26,28). The fraction of sp³-hybridized carbons (Fsp3) is 0.222. The van der Waals surface area contributed by atoms with Crippen LogP contribution in [0.2, 0.25) is 0 Å². The highest BCUT2D eigenvalue weighted by Gasteiger charge is 2.34. The zero-order chi connectivity index (χ0) is 21.4. The summed E-state index contributed by atoms with van der Waals surface area (Å²) in [6.07, 6.45) is -9.36. The Bertz CT molecular complexity index is 941. The number of hydrogen-bond acceptors (Lipinski definition) is 3. The SMILES string of the molecule is O=C(CC1Sc2ccc(C(F)(F)F)cc2NC1=O)Nc1ccc(C(F)(F)F)cc1. The molecule has 2 amide bonds. The van der Waals surface area contributed by atoms with E-state index in [1.165, 1.54) is 6.07 Å². The van der Waals surface area contributed by atoms with E-state index in [9.17, 15) is 35.9 Å². The maximum absolute atomic E-state index is 12.8. The van der Waals surface area contributed by atoms with Crippen LogP contribution in [0.4, 0.5) is 37.7 Å². The average molecular weight is 434 g/mol. The van der Waals surface area contributed by atoms with Gasteiger partial charge in [0.05, 0.1) is 22.1 Å². The third-order valence-electron chi connectivity index (χ3n) is 3.99. The molecule has 0 aliphatic carbocycles. The smallest absolute Gasteiger partial charge is 0.326 e. The third kappa shape index (κ3) is 5.03. The molecule has 11 heteroatoms. The predicted octanol–water partition coefficient (Wildman–Crippen LogP) is 5.17. The zero-order valence-corrected chi connectivity index (χ0v) is 15.1. The van der Waals surface area contributed by atoms with Crippen LogP contribution in [0.5, 0.6) is 0 Å². The molecule has 0 radical (unpaired) electrons. The Balaban J connectivity index is 1.65. The first kappa shape index (κ1) is 21.0. The lowest BCUT2D eigenvalue weighted by Gasteiger charge is -2.24. The van der Waals surface area contributed by atoms with Gasteiger partial charge >= 0.3 is 12.4 Å². The minimum absolute atomic E-state index is 0.00854. The van der Waals surface area contributed by atoms with Gasteiger partial charge in [-0.2, -0.15) is 26.3 Å². The Labute approximate surface area is 164 Å². The highest BCUT2D eigenvalue weighted by Crippen LogP contribution is 2.40. The number of amides is 2. The second kappa shape index (κ2) is 7.62. The van der Waals surface area contributed by atoms with Crippen molar-refractivity contribution >= 4 is 35.0 Å². The fourth-order valence-corrected chi connectivity index (χ4v) is 3.67. The summed E-state index contributed by atoms with van der Waals surface area (Å²) >= 11 is 0.940. The van der Waals surface area contributed by atoms with Gasteiger partial charge in [0.15, 0.2) is 0 Å². The van der Waals surface area contributed by atoms with Crippen LogP contribution < -0.4 is 10.6 Å². The number of thioether (sulfide) groups is 1. The van der Waals surface area contributed by atoms with Gasteiger partial charge in [-0.1, -0.05) is 0 Å². The summed E-state index contributed by atoms with van der Waals surface area (Å²) in [5.41, 5.74) is -1.64. The molecule has 1 heterocycles. The van der Waals surface area contributed by atoms with E-state index in [0.717, 1.165) is 48.2 Å². The summed E-state index contributed by atoms with van der Waals surface area (Å²) < 4.78 is 75.9. The van der Waals surface area contributed by atoms with Gasteiger partial charge < -0.3 is 10.6 Å². The number of benzene rings is 2. The molecule has 154 valence electrons. The minimum Gasteiger partial charge on any atom is -0.326 e. The van der Waals surface area contributed by atoms with E-state index in [-0.39, 0.29) is 17.8 Å². The number of carbonyl (C=O) groups excluding carboxylic acids is 2. The number of rotatable bonds is 3. The second-order valence-corrected chi connectivity index (χ2v) is 7.38. The molecule has 1 atom stereocenters. The summed E-state index contributed by atoms with van der Waals surface area (Å²) in [6.45, 7) is 0. The van der Waals surface area contributed by atoms with Gasteiger partial charge in [0.1, 0.15) is 0 Å². The molecule has 0 aromatic heterocycles. The zero-order valence-electron chi connectivity index (χ0n) is 14.3. The lowest BCUT2D eigenvalue weighted by molar-refractivity contribution is -0.138. The van der Waals surface area contributed by atoms with E-state index in [4.69, 9.17) is 0 Å². The lowest BCUT2D eigenvalue weighted by Crippen LogP contribution is -2.32. The normalized spacial score (nSPS) is 16.8. The Morgan fingerprint density at radius 3 is 2.14 bits per heavy atom. The molecule has 0 bridgehead atoms. The number of anilines is 2. The summed E-state index contributed by atoms with van der Waals surface area (Å²) in [6, 6.07) is 6.70. The van der Waals surface area contributed by atoms with E-state index < -0.39 is 40.5 Å². The van der Waals surface area contributed by atoms with Crippen molar-refractivity contribution in [2.45, 2.75) is 28.9 Å². The molecule has 1 unspecified atom stereocenters. The van der Waals surface area contributed by atoms with Crippen LogP contribution in [0.1, 0.15) is 17.5 Å². The topological polar surface area (TPSA) is 58.2 Å². The van der Waals surface area contributed by atoms with Gasteiger partial charge in [0.2, 0.25) is 11.8 Å². The summed E-state index contributed by atoms with van der Waals surface area (Å²) in [5.74, 6) is -1.25. The Morgan fingerprint density at radius 1 is 0.966 bits per heavy atom. The van der Waals surface area contributed by atoms with Crippen LogP contribution >= 0.6 is 11.8 Å². The van der Waals surface area contributed by atoms with Gasteiger partial charge in [-0.15, -0.1) is 11.8 Å². The third-order valence-corrected chi connectivity index (χ3v) is 5.27. The molecule has 0 spiro atoms. The van der Waals surface area contributed by atoms with Crippen molar-refractivity contribution in [2.24, 2.45) is 0 Å². The number of nitrogens with one attached hydrogen (secondary N) is 2. The molecule has 3 rings (SSSR count). The molecule has 1 aliphatic rings. The van der Waals surface area contributed by atoms with Crippen molar-refractivity contribution in [1.82, 2.24) is 0 Å². The first-order valence-corrected chi connectivity index (χ1v) is 8.97. The first-order chi connectivity index (χ1) is 13.4. The highest BCUT2D eigenvalue weighted by molar-refractivity contribution is 8.01. The molecule has 2 aromatic carbocycles. The molecule has 1 aliphatic heterocycles. The maximum atomic E-state index is 12.8. The van der Waals surface area contributed by atoms with Crippen molar-refractivity contribution in [3.8, 4) is 0 Å². The molecule has 2 aromatic rings. The number of alkyl halides is 6. The van der Waals surface area contributed by atoms with Crippen LogP contribution in [0.3, 0.4) is 0 Å². The molecular formula is C18H12F6N2O2S. The number of halogens is 6. The second-order valence-electron chi connectivity index (χ2n) is 6.13. The van der Waals surface area contributed by atoms with E-state index in [0.29, 0.717) is 4.90 Å². The van der Waals surface area contributed by atoms with Gasteiger partial charge in [-0.3, -0.25) is 9.59 Å². The van der Waals surface area contributed by atoms with Crippen LogP contribution in [-0.2, 0) is 21.9 Å². The monoisotopic (exact) mass is 434 g/mol. The van der Waals surface area contributed by atoms with E-state index in [2.05, 4.69) is 10.6 Å². The van der Waals surface area contributed by atoms with Crippen molar-refractivity contribution in [3.05, 3.63) is 53.6 Å². The average Bonchev–Trinajstić information content (AvgIpc) is 2.60. The van der Waals surface area contributed by atoms with E-state index >= 15 is 0 Å². The van der Waals surface area contributed by atoms with Crippen LogP contribution in [-0.4, -0.2) is 17.1 Å². The van der Waals surface area contributed by atoms with E-state index in [1.54, 1.807) is 0 Å². The van der Waals surface area contributed by atoms with Crippen LogP contribution in [0.25, 0.3) is 0 Å². The van der Waals surface area contributed by atoms with E-state index in [1.807, 2.05) is 0 Å². The quantitative estimate of drug-likeness (QED) is 0.656. The van der Waals surface area contributed by atoms with Gasteiger partial charge in [-0.05, 0) is 42.5 Å². The summed E-state index contributed by atoms with van der Waals surface area (Å²) in [5, 5.41) is 3.85. The lowest BCUT2D eigenvalue weighted by atomic mass is 10.1. The van der Waals surface area contributed by atoms with Crippen molar-refractivity contribution < 1.29 is 35.9 Å². The predicted molar refractivity (Wildman–Crippen MR) is 94.4 cm³/mol. The Hall–Kier alpha value is -2.69. The van der Waals surface area contributed by atoms with Crippen LogP contribution in [0, 0.1) is 0 Å². The van der Waals surface area contributed by atoms with Gasteiger partial charge in [-0.25, -0.2) is 0 Å². The Kier molecular flexibility index (Phi) is 5.52. The molecule has 29 heavy (non-hydrogen) atoms. The minimum atomic E-state index is -4.55. The van der Waals surface area contributed by atoms with Gasteiger partial charge in [0.25, 0.3) is 0 Å². The maximum Gasteiger partial charge on any atom is 0.416 e. The van der Waals surface area contributed by atoms with Crippen LogP contribution in [0.15, 0.2) is 47.4 Å². The molecule has 0 fully saturated rings. The van der Waals surface area contributed by atoms with Crippen molar-refractivity contribution in [1.29, 1.82) is 0 Å². The summed E-state index contributed by atoms with van der Waals surface area (Å²) in [4.78, 5) is 24.7. The molecule has 0 saturated carbocycles. The number of fused-ring (bicyclic) bond motifs is 1. The fourth-order valence-electron chi connectivity index (χ4n) is 2.58. The molecule has 2 N–H and O–H groups in total. The number of hydrogen-bond donors (Lipinski definition) is 2. The van der Waals surface area contributed by atoms with Crippen molar-refractivity contribution in [3.63, 3.8) is 0 Å². The number of carbonyl (C=O) groups is 2. The summed E-state index contributed by atoms with van der Waals surface area (Å²) in [7, 11) is 0. The molecular weight excluding hydrogens is 422 g/mol. The first-order valence-electron chi connectivity index (χ1n) is 8.09. The largest absolute Gasteiger partial charge is 0.416 e. The highest BCUT2D eigenvalue weighted by atomic mass is 32.2. The van der Waals surface area contributed by atoms with Gasteiger partial charge in [0, 0.05) is 17.0 Å². The Morgan fingerprint density at radius 2 is 1.55 bits per heavy atom. The molecule has 0 saturated heterocycles.